The van der Waals surface area contributed by atoms with Crippen molar-refractivity contribution in [2.45, 2.75) is 84.2 Å². The van der Waals surface area contributed by atoms with Crippen LogP contribution in [0.25, 0.3) is 0 Å². The zero-order valence-electron chi connectivity index (χ0n) is 19.1. The van der Waals surface area contributed by atoms with Gasteiger partial charge in [0.2, 0.25) is 17.7 Å². The maximum absolute atomic E-state index is 12.7. The Bertz CT molecular complexity index is 611. The number of carbonyl (C=O) groups is 4. The van der Waals surface area contributed by atoms with Crippen molar-refractivity contribution in [3.63, 3.8) is 0 Å². The van der Waals surface area contributed by atoms with Crippen molar-refractivity contribution in [1.82, 2.24) is 16.0 Å². The Morgan fingerprint density at radius 3 is 1.74 bits per heavy atom. The van der Waals surface area contributed by atoms with Gasteiger partial charge in [-0.25, -0.2) is 4.79 Å². The van der Waals surface area contributed by atoms with Crippen LogP contribution >= 0.6 is 0 Å². The molecular formula is C20H39N5O6. The molecule has 0 bridgehead atoms. The summed E-state index contributed by atoms with van der Waals surface area (Å²) >= 11 is 0. The van der Waals surface area contributed by atoms with E-state index in [4.69, 9.17) is 11.5 Å². The minimum Gasteiger partial charge on any atom is -0.480 e. The first-order chi connectivity index (χ1) is 14.3. The Hall–Kier alpha value is -2.24. The van der Waals surface area contributed by atoms with Crippen molar-refractivity contribution in [2.75, 3.05) is 6.54 Å². The van der Waals surface area contributed by atoms with E-state index >= 15 is 0 Å². The first-order valence-electron chi connectivity index (χ1n) is 10.6. The molecule has 3 amide bonds. The van der Waals surface area contributed by atoms with Crippen molar-refractivity contribution >= 4 is 23.7 Å². The molecule has 0 saturated heterocycles. The summed E-state index contributed by atoms with van der Waals surface area (Å²) < 4.78 is 0. The minimum atomic E-state index is -1.33. The average molecular weight is 446 g/mol. The van der Waals surface area contributed by atoms with Gasteiger partial charge in [0.25, 0.3) is 0 Å². The summed E-state index contributed by atoms with van der Waals surface area (Å²) in [7, 11) is 0. The molecule has 11 heteroatoms. The molecule has 0 aromatic rings. The van der Waals surface area contributed by atoms with Crippen molar-refractivity contribution < 1.29 is 29.4 Å². The molecule has 0 radical (unpaired) electrons. The van der Waals surface area contributed by atoms with Gasteiger partial charge in [-0.3, -0.25) is 14.4 Å². The summed E-state index contributed by atoms with van der Waals surface area (Å²) in [5, 5.41) is 26.7. The number of nitrogens with one attached hydrogen (secondary N) is 3. The molecule has 5 unspecified atom stereocenters. The number of carboxylic acid groups (broad SMARTS) is 1. The van der Waals surface area contributed by atoms with Crippen LogP contribution in [0.4, 0.5) is 0 Å². The summed E-state index contributed by atoms with van der Waals surface area (Å²) in [6, 6.07) is -4.39. The lowest BCUT2D eigenvalue weighted by atomic mass is 10.0. The maximum atomic E-state index is 12.7. The molecule has 0 aromatic heterocycles. The maximum Gasteiger partial charge on any atom is 0.326 e. The van der Waals surface area contributed by atoms with Gasteiger partial charge in [0, 0.05) is 0 Å². The van der Waals surface area contributed by atoms with Gasteiger partial charge < -0.3 is 37.6 Å². The summed E-state index contributed by atoms with van der Waals surface area (Å²) in [5.41, 5.74) is 11.2. The van der Waals surface area contributed by atoms with Gasteiger partial charge in [0.05, 0.1) is 12.1 Å². The molecule has 5 atom stereocenters. The first kappa shape index (κ1) is 28.8. The van der Waals surface area contributed by atoms with E-state index in [9.17, 15) is 29.4 Å². The lowest BCUT2D eigenvalue weighted by Crippen LogP contribution is -2.61. The molecule has 0 aliphatic rings. The van der Waals surface area contributed by atoms with Crippen LogP contribution in [0, 0.1) is 11.8 Å². The molecule has 0 fully saturated rings. The smallest absolute Gasteiger partial charge is 0.326 e. The lowest BCUT2D eigenvalue weighted by molar-refractivity contribution is -0.143. The third-order valence-electron chi connectivity index (χ3n) is 4.89. The van der Waals surface area contributed by atoms with Gasteiger partial charge in [-0.05, 0) is 44.6 Å². The SMILES string of the molecule is CC(C)C(N)C(=O)NC(C(=O)NC(C(=O)NC(CCCCN)C(=O)O)C(C)C)C(C)O. The number of hydrogen-bond donors (Lipinski definition) is 7. The molecule has 180 valence electrons. The molecule has 0 heterocycles. The van der Waals surface area contributed by atoms with Gasteiger partial charge in [-0.1, -0.05) is 27.7 Å². The van der Waals surface area contributed by atoms with E-state index in [1.165, 1.54) is 6.92 Å². The van der Waals surface area contributed by atoms with Crippen LogP contribution in [0.3, 0.4) is 0 Å². The third kappa shape index (κ3) is 10.1. The quantitative estimate of drug-likeness (QED) is 0.160. The van der Waals surface area contributed by atoms with Crippen molar-refractivity contribution in [1.29, 1.82) is 0 Å². The number of carbonyl (C=O) groups excluding carboxylic acids is 3. The van der Waals surface area contributed by atoms with E-state index < -0.39 is 54.0 Å². The van der Waals surface area contributed by atoms with E-state index in [1.807, 2.05) is 0 Å². The molecule has 0 spiro atoms. The number of amides is 3. The average Bonchev–Trinajstić information content (AvgIpc) is 2.67. The van der Waals surface area contributed by atoms with E-state index in [0.29, 0.717) is 19.4 Å². The molecular weight excluding hydrogens is 406 g/mol. The Labute approximate surface area is 183 Å². The number of aliphatic carboxylic acids is 1. The van der Waals surface area contributed by atoms with Crippen LogP contribution in [-0.4, -0.2) is 70.7 Å². The normalized spacial score (nSPS) is 16.2. The van der Waals surface area contributed by atoms with Crippen LogP contribution < -0.4 is 27.4 Å². The van der Waals surface area contributed by atoms with Crippen molar-refractivity contribution in [2.24, 2.45) is 23.3 Å². The Kier molecular flexibility index (Phi) is 12.9. The molecule has 11 nitrogen and oxygen atoms in total. The van der Waals surface area contributed by atoms with Crippen LogP contribution in [0.15, 0.2) is 0 Å². The van der Waals surface area contributed by atoms with E-state index in [2.05, 4.69) is 16.0 Å². The predicted molar refractivity (Wildman–Crippen MR) is 116 cm³/mol. The van der Waals surface area contributed by atoms with Gasteiger partial charge in [-0.2, -0.15) is 0 Å². The van der Waals surface area contributed by atoms with E-state index in [-0.39, 0.29) is 18.3 Å². The monoisotopic (exact) mass is 445 g/mol. The number of nitrogens with two attached hydrogens (primary N) is 2. The number of unbranched alkanes of at least 4 members (excludes halogenated alkanes) is 1. The molecule has 9 N–H and O–H groups in total. The third-order valence-corrected chi connectivity index (χ3v) is 4.89. The lowest BCUT2D eigenvalue weighted by Gasteiger charge is -2.28. The highest BCUT2D eigenvalue weighted by molar-refractivity contribution is 5.94. The number of carboxylic acids is 1. The summed E-state index contributed by atoms with van der Waals surface area (Å²) in [4.78, 5) is 49.1. The fourth-order valence-corrected chi connectivity index (χ4v) is 2.75. The van der Waals surface area contributed by atoms with Crippen LogP contribution in [-0.2, 0) is 19.2 Å². The Balaban J connectivity index is 5.30. The summed E-state index contributed by atoms with van der Waals surface area (Å²) in [5.74, 6) is -3.80. The summed E-state index contributed by atoms with van der Waals surface area (Å²) in [6.07, 6.45) is 0.107. The minimum absolute atomic E-state index is 0.181. The van der Waals surface area contributed by atoms with Gasteiger partial charge in [-0.15, -0.1) is 0 Å². The topological polar surface area (TPSA) is 197 Å². The number of rotatable bonds is 14. The molecule has 0 aliphatic heterocycles. The zero-order chi connectivity index (χ0) is 24.3. The Morgan fingerprint density at radius 1 is 0.806 bits per heavy atom. The van der Waals surface area contributed by atoms with Crippen LogP contribution in [0.1, 0.15) is 53.9 Å². The molecule has 0 rings (SSSR count). The molecule has 0 aromatic carbocycles. The zero-order valence-corrected chi connectivity index (χ0v) is 19.1. The first-order valence-corrected chi connectivity index (χ1v) is 10.6. The van der Waals surface area contributed by atoms with Gasteiger partial charge >= 0.3 is 5.97 Å². The largest absolute Gasteiger partial charge is 0.480 e. The fourth-order valence-electron chi connectivity index (χ4n) is 2.75. The molecule has 0 saturated carbocycles. The predicted octanol–water partition coefficient (Wildman–Crippen LogP) is -1.33. The van der Waals surface area contributed by atoms with Crippen molar-refractivity contribution in [3.8, 4) is 0 Å². The van der Waals surface area contributed by atoms with Crippen molar-refractivity contribution in [3.05, 3.63) is 0 Å². The van der Waals surface area contributed by atoms with E-state index in [1.54, 1.807) is 27.7 Å². The summed E-state index contributed by atoms with van der Waals surface area (Å²) in [6.45, 7) is 8.59. The Morgan fingerprint density at radius 2 is 1.32 bits per heavy atom. The van der Waals surface area contributed by atoms with E-state index in [0.717, 1.165) is 0 Å². The van der Waals surface area contributed by atoms with Crippen LogP contribution in [0.2, 0.25) is 0 Å². The highest BCUT2D eigenvalue weighted by Gasteiger charge is 2.33. The molecule has 31 heavy (non-hydrogen) atoms. The van der Waals surface area contributed by atoms with Crippen LogP contribution in [0.5, 0.6) is 0 Å². The second-order valence-electron chi connectivity index (χ2n) is 8.41. The second-order valence-corrected chi connectivity index (χ2v) is 8.41. The second kappa shape index (κ2) is 13.9. The molecule has 0 aliphatic carbocycles. The van der Waals surface area contributed by atoms with Gasteiger partial charge in [0.1, 0.15) is 18.1 Å². The highest BCUT2D eigenvalue weighted by Crippen LogP contribution is 2.08. The van der Waals surface area contributed by atoms with Gasteiger partial charge in [0.15, 0.2) is 0 Å². The standard InChI is InChI=1S/C20H39N5O6/c1-10(2)14(22)17(27)25-16(12(5)26)19(29)24-15(11(3)4)18(28)23-13(20(30)31)8-6-7-9-21/h10-16,26H,6-9,21-22H2,1-5H3,(H,23,28)(H,24,29)(H,25,27)(H,30,31). The number of aliphatic hydroxyl groups is 1. The fraction of sp³-hybridized carbons (Fsp3) is 0.800. The number of aliphatic hydroxyl groups excluding tert-OH is 1. The number of hydrogen-bond acceptors (Lipinski definition) is 7. The highest BCUT2D eigenvalue weighted by atomic mass is 16.4.